The van der Waals surface area contributed by atoms with Gasteiger partial charge in [-0.1, -0.05) is 30.3 Å². The number of benzene rings is 1. The molecule has 0 bridgehead atoms. The molecule has 98 valence electrons. The van der Waals surface area contributed by atoms with Crippen molar-refractivity contribution in [3.63, 3.8) is 0 Å². The van der Waals surface area contributed by atoms with Gasteiger partial charge in [0, 0.05) is 0 Å². The average Bonchev–Trinajstić information content (AvgIpc) is 2.26. The largest absolute Gasteiger partial charge is 0.419 e. The Bertz CT molecular complexity index is 440. The Morgan fingerprint density at radius 3 is 2.17 bits per heavy atom. The SMILES string of the molecule is CC(F)/C=C/C(F)=C(/c1ccccc1)C(F)(F)F. The Labute approximate surface area is 101 Å². The monoisotopic (exact) mass is 262 g/mol. The van der Waals surface area contributed by atoms with Crippen molar-refractivity contribution >= 4 is 5.57 Å². The van der Waals surface area contributed by atoms with Gasteiger partial charge in [-0.25, -0.2) is 8.78 Å². The summed E-state index contributed by atoms with van der Waals surface area (Å²) < 4.78 is 64.2. The minimum atomic E-state index is -4.84. The summed E-state index contributed by atoms with van der Waals surface area (Å²) >= 11 is 0. The lowest BCUT2D eigenvalue weighted by molar-refractivity contribution is -0.0699. The van der Waals surface area contributed by atoms with Crippen LogP contribution in [0.3, 0.4) is 0 Å². The van der Waals surface area contributed by atoms with Crippen LogP contribution in [0.1, 0.15) is 12.5 Å². The molecule has 0 N–H and O–H groups in total. The predicted molar refractivity (Wildman–Crippen MR) is 60.2 cm³/mol. The van der Waals surface area contributed by atoms with Crippen LogP contribution >= 0.6 is 0 Å². The van der Waals surface area contributed by atoms with Crippen molar-refractivity contribution < 1.29 is 22.0 Å². The average molecular weight is 262 g/mol. The lowest BCUT2D eigenvalue weighted by atomic mass is 10.0. The highest BCUT2D eigenvalue weighted by Crippen LogP contribution is 2.37. The van der Waals surface area contributed by atoms with E-state index in [4.69, 9.17) is 0 Å². The van der Waals surface area contributed by atoms with Gasteiger partial charge in [0.25, 0.3) is 0 Å². The van der Waals surface area contributed by atoms with Gasteiger partial charge >= 0.3 is 6.18 Å². The van der Waals surface area contributed by atoms with Crippen molar-refractivity contribution in [3.05, 3.63) is 53.9 Å². The van der Waals surface area contributed by atoms with E-state index in [2.05, 4.69) is 0 Å². The molecule has 0 aliphatic carbocycles. The molecule has 0 aliphatic rings. The van der Waals surface area contributed by atoms with Crippen LogP contribution in [0.5, 0.6) is 0 Å². The van der Waals surface area contributed by atoms with Crippen LogP contribution in [0.25, 0.3) is 5.57 Å². The van der Waals surface area contributed by atoms with Crippen LogP contribution in [0.15, 0.2) is 48.3 Å². The van der Waals surface area contributed by atoms with E-state index in [-0.39, 0.29) is 5.56 Å². The summed E-state index contributed by atoms with van der Waals surface area (Å²) in [6, 6.07) is 6.56. The van der Waals surface area contributed by atoms with E-state index >= 15 is 0 Å². The van der Waals surface area contributed by atoms with E-state index in [9.17, 15) is 22.0 Å². The first-order valence-corrected chi connectivity index (χ1v) is 5.17. The third-order valence-corrected chi connectivity index (χ3v) is 2.09. The first-order valence-electron chi connectivity index (χ1n) is 5.17. The summed E-state index contributed by atoms with van der Waals surface area (Å²) in [5.74, 6) is -1.50. The van der Waals surface area contributed by atoms with Gasteiger partial charge in [-0.05, 0) is 24.6 Å². The molecule has 1 aromatic carbocycles. The standard InChI is InChI=1S/C13H11F5/c1-9(14)7-8-11(15)12(13(16,17)18)10-5-3-2-4-6-10/h2-9H,1H3/b8-7+,12-11+. The smallest absolute Gasteiger partial charge is 0.243 e. The van der Waals surface area contributed by atoms with E-state index in [1.54, 1.807) is 0 Å². The van der Waals surface area contributed by atoms with E-state index in [0.717, 1.165) is 25.1 Å². The molecule has 0 amide bonds. The maximum Gasteiger partial charge on any atom is 0.419 e. The number of rotatable bonds is 3. The zero-order valence-electron chi connectivity index (χ0n) is 9.51. The van der Waals surface area contributed by atoms with Crippen LogP contribution < -0.4 is 0 Å². The van der Waals surface area contributed by atoms with Crippen LogP contribution in [-0.2, 0) is 0 Å². The number of hydrogen-bond acceptors (Lipinski definition) is 0. The summed E-state index contributed by atoms with van der Waals surface area (Å²) in [6.45, 7) is 1.10. The second-order valence-corrected chi connectivity index (χ2v) is 3.62. The second-order valence-electron chi connectivity index (χ2n) is 3.62. The zero-order valence-corrected chi connectivity index (χ0v) is 9.51. The molecule has 0 fully saturated rings. The summed E-state index contributed by atoms with van der Waals surface area (Å²) in [4.78, 5) is 0. The fourth-order valence-electron chi connectivity index (χ4n) is 1.34. The lowest BCUT2D eigenvalue weighted by Gasteiger charge is -2.12. The molecule has 0 nitrogen and oxygen atoms in total. The molecule has 0 aliphatic heterocycles. The summed E-state index contributed by atoms with van der Waals surface area (Å²) in [6.07, 6.45) is -5.12. The molecule has 1 unspecified atom stereocenters. The maximum atomic E-state index is 13.5. The normalized spacial score (nSPS) is 15.7. The van der Waals surface area contributed by atoms with Crippen molar-refractivity contribution in [2.75, 3.05) is 0 Å². The van der Waals surface area contributed by atoms with Crippen molar-refractivity contribution in [1.29, 1.82) is 0 Å². The molecule has 1 atom stereocenters. The van der Waals surface area contributed by atoms with E-state index in [1.165, 1.54) is 18.2 Å². The molecule has 1 rings (SSSR count). The second kappa shape index (κ2) is 5.80. The molecular formula is C13H11F5. The Balaban J connectivity index is 3.27. The number of hydrogen-bond donors (Lipinski definition) is 0. The highest BCUT2D eigenvalue weighted by molar-refractivity contribution is 5.73. The van der Waals surface area contributed by atoms with Gasteiger partial charge in [-0.3, -0.25) is 0 Å². The number of alkyl halides is 4. The van der Waals surface area contributed by atoms with Gasteiger partial charge in [-0.15, -0.1) is 0 Å². The van der Waals surface area contributed by atoms with Crippen LogP contribution in [0, 0.1) is 0 Å². The zero-order chi connectivity index (χ0) is 13.8. The van der Waals surface area contributed by atoms with E-state index < -0.39 is 23.7 Å². The Kier molecular flexibility index (Phi) is 4.64. The van der Waals surface area contributed by atoms with Crippen LogP contribution in [-0.4, -0.2) is 12.3 Å². The molecule has 0 saturated carbocycles. The molecule has 0 aromatic heterocycles. The number of halogens is 5. The minimum Gasteiger partial charge on any atom is -0.243 e. The minimum absolute atomic E-state index is 0.293. The number of allylic oxidation sites excluding steroid dienone is 4. The summed E-state index contributed by atoms with van der Waals surface area (Å²) in [7, 11) is 0. The topological polar surface area (TPSA) is 0 Å². The lowest BCUT2D eigenvalue weighted by Crippen LogP contribution is -2.12. The molecule has 18 heavy (non-hydrogen) atoms. The van der Waals surface area contributed by atoms with Crippen LogP contribution in [0.4, 0.5) is 22.0 Å². The van der Waals surface area contributed by atoms with Gasteiger partial charge in [0.15, 0.2) is 0 Å². The third kappa shape index (κ3) is 3.98. The molecule has 0 heterocycles. The highest BCUT2D eigenvalue weighted by Gasteiger charge is 2.37. The molecule has 5 heteroatoms. The fourth-order valence-corrected chi connectivity index (χ4v) is 1.34. The van der Waals surface area contributed by atoms with Crippen molar-refractivity contribution in [1.82, 2.24) is 0 Å². The first kappa shape index (κ1) is 14.4. The maximum absolute atomic E-state index is 13.5. The van der Waals surface area contributed by atoms with Gasteiger partial charge in [0.05, 0.1) is 5.57 Å². The quantitative estimate of drug-likeness (QED) is 0.540. The van der Waals surface area contributed by atoms with Gasteiger partial charge in [-0.2, -0.15) is 13.2 Å². The van der Waals surface area contributed by atoms with Crippen molar-refractivity contribution in [2.45, 2.75) is 19.3 Å². The van der Waals surface area contributed by atoms with Gasteiger partial charge in [0.2, 0.25) is 0 Å². The molecular weight excluding hydrogens is 251 g/mol. The molecule has 0 radical (unpaired) electrons. The van der Waals surface area contributed by atoms with Crippen molar-refractivity contribution in [2.24, 2.45) is 0 Å². The Morgan fingerprint density at radius 1 is 1.17 bits per heavy atom. The molecule has 0 spiro atoms. The first-order chi connectivity index (χ1) is 8.32. The Hall–Kier alpha value is -1.65. The summed E-state index contributed by atoms with van der Waals surface area (Å²) in [5.41, 5.74) is -1.70. The molecule has 0 saturated heterocycles. The fraction of sp³-hybridized carbons (Fsp3) is 0.231. The van der Waals surface area contributed by atoms with Crippen LogP contribution in [0.2, 0.25) is 0 Å². The van der Waals surface area contributed by atoms with E-state index in [1.807, 2.05) is 0 Å². The predicted octanol–water partition coefficient (Wildman–Crippen LogP) is 4.84. The third-order valence-electron chi connectivity index (χ3n) is 2.09. The highest BCUT2D eigenvalue weighted by atomic mass is 19.4. The van der Waals surface area contributed by atoms with E-state index in [0.29, 0.717) is 6.08 Å². The molecule has 1 aromatic rings. The van der Waals surface area contributed by atoms with Gasteiger partial charge in [0.1, 0.15) is 12.0 Å². The van der Waals surface area contributed by atoms with Gasteiger partial charge < -0.3 is 0 Å². The Morgan fingerprint density at radius 2 is 1.72 bits per heavy atom. The van der Waals surface area contributed by atoms with Crippen molar-refractivity contribution in [3.8, 4) is 0 Å². The summed E-state index contributed by atoms with van der Waals surface area (Å²) in [5, 5.41) is 0.